The second-order valence-corrected chi connectivity index (χ2v) is 17.0. The van der Waals surface area contributed by atoms with Gasteiger partial charge >= 0.3 is 0 Å². The van der Waals surface area contributed by atoms with E-state index in [2.05, 4.69) is 64.4 Å². The Bertz CT molecular complexity index is 1770. The number of morpholine rings is 1. The Morgan fingerprint density at radius 3 is 2.22 bits per heavy atom. The molecule has 2 amide bonds. The van der Waals surface area contributed by atoms with Gasteiger partial charge in [-0.05, 0) is 91.0 Å². The summed E-state index contributed by atoms with van der Waals surface area (Å²) in [4.78, 5) is 27.9. The average Bonchev–Trinajstić information content (AvgIpc) is 3.17. The van der Waals surface area contributed by atoms with Crippen molar-refractivity contribution in [3.05, 3.63) is 96.6 Å². The van der Waals surface area contributed by atoms with Gasteiger partial charge in [0.25, 0.3) is 10.2 Å². The van der Waals surface area contributed by atoms with Crippen LogP contribution < -0.4 is 15.4 Å². The fourth-order valence-electron chi connectivity index (χ4n) is 7.88. The Morgan fingerprint density at radius 2 is 1.54 bits per heavy atom. The number of carbonyl (C=O) groups excluding carboxylic acids is 2. The van der Waals surface area contributed by atoms with Gasteiger partial charge in [-0.2, -0.15) is 17.4 Å². The maximum Gasteiger partial charge on any atom is 0.280 e. The number of fused-ring (bicyclic) bond motifs is 1. The molecule has 0 unspecified atom stereocenters. The van der Waals surface area contributed by atoms with Crippen molar-refractivity contribution >= 4 is 32.8 Å². The lowest BCUT2D eigenvalue weighted by Gasteiger charge is -2.35. The molecule has 0 aromatic heterocycles. The first-order valence-electron chi connectivity index (χ1n) is 19.4. The monoisotopic (exact) mass is 762 g/mol. The van der Waals surface area contributed by atoms with E-state index in [9.17, 15) is 28.2 Å². The molecular formula is C42H58N4O7S. The highest BCUT2D eigenvalue weighted by Gasteiger charge is 2.36. The number of carbonyl (C=O) groups is 2. The summed E-state index contributed by atoms with van der Waals surface area (Å²) in [6.45, 7) is 8.55. The van der Waals surface area contributed by atoms with Crippen LogP contribution in [0.1, 0.15) is 75.8 Å². The van der Waals surface area contributed by atoms with E-state index in [1.807, 2.05) is 32.0 Å². The molecule has 2 fully saturated rings. The summed E-state index contributed by atoms with van der Waals surface area (Å²) >= 11 is 0. The van der Waals surface area contributed by atoms with Crippen molar-refractivity contribution in [3.63, 3.8) is 0 Å². The number of aliphatic hydroxyl groups is 2. The molecule has 294 valence electrons. The van der Waals surface area contributed by atoms with Gasteiger partial charge in [0.1, 0.15) is 18.2 Å². The Labute approximate surface area is 320 Å². The maximum absolute atomic E-state index is 14.0. The third kappa shape index (κ3) is 11.4. The summed E-state index contributed by atoms with van der Waals surface area (Å²) in [7, 11) is -4.05. The van der Waals surface area contributed by atoms with Gasteiger partial charge < -0.3 is 25.6 Å². The van der Waals surface area contributed by atoms with Crippen LogP contribution in [-0.2, 0) is 31.0 Å². The molecule has 5 N–H and O–H groups in total. The molecule has 1 aliphatic carbocycles. The molecule has 11 nitrogen and oxygen atoms in total. The van der Waals surface area contributed by atoms with Crippen LogP contribution in [0.25, 0.3) is 10.8 Å². The van der Waals surface area contributed by atoms with Gasteiger partial charge in [-0.1, -0.05) is 92.7 Å². The first kappa shape index (κ1) is 41.5. The molecule has 1 saturated carbocycles. The normalized spacial score (nSPS) is 21.1. The van der Waals surface area contributed by atoms with E-state index in [1.54, 1.807) is 12.1 Å². The molecule has 0 spiro atoms. The largest absolute Gasteiger partial charge is 0.390 e. The second-order valence-electron chi connectivity index (χ2n) is 15.3. The number of rotatable bonds is 18. The standard InChI is InChI=1S/C42H58N4O7S/c1-4-11-36(43-42(50)38(28-30-12-6-5-7-13-30)45-54(51,52)46-22-24-53-25-23-46)41(49)44-37(40(48)39(47)26-29(2)3)27-31-18-20-33(21-19-31)35-17-10-15-32-14-8-9-16-34(32)35/h4-10,12-17,29,31,33,36-40,45,47-48H,1,11,18-28H2,2-3H3,(H,43,50)(H,44,49)/t31?,33?,36-,37-,38-,39-,40+/m0/s1. The van der Waals surface area contributed by atoms with E-state index in [4.69, 9.17) is 4.74 Å². The van der Waals surface area contributed by atoms with Gasteiger partial charge in [0.15, 0.2) is 0 Å². The summed E-state index contributed by atoms with van der Waals surface area (Å²) in [5.41, 5.74) is 2.09. The minimum absolute atomic E-state index is 0.0584. The summed E-state index contributed by atoms with van der Waals surface area (Å²) in [6.07, 6.45) is 3.95. The van der Waals surface area contributed by atoms with Crippen molar-refractivity contribution in [1.82, 2.24) is 19.7 Å². The number of nitrogens with zero attached hydrogens (tertiary/aromatic N) is 1. The van der Waals surface area contributed by atoms with Gasteiger partial charge in [-0.25, -0.2) is 0 Å². The van der Waals surface area contributed by atoms with Crippen molar-refractivity contribution in [2.45, 2.75) is 101 Å². The third-order valence-electron chi connectivity index (χ3n) is 10.8. The number of nitrogens with one attached hydrogen (secondary N) is 3. The van der Waals surface area contributed by atoms with E-state index >= 15 is 0 Å². The predicted molar refractivity (Wildman–Crippen MR) is 212 cm³/mol. The smallest absolute Gasteiger partial charge is 0.280 e. The SMILES string of the molecule is C=CC[C@H](NC(=O)[C@H](Cc1ccccc1)NS(=O)(=O)N1CCOCC1)C(=O)N[C@@H](CC1CCC(c2cccc3ccccc23)CC1)[C@@H](O)[C@@H](O)CC(C)C. The van der Waals surface area contributed by atoms with E-state index in [0.29, 0.717) is 18.8 Å². The molecule has 2 aliphatic rings. The van der Waals surface area contributed by atoms with Crippen LogP contribution in [0.4, 0.5) is 0 Å². The van der Waals surface area contributed by atoms with Crippen LogP contribution in [0.5, 0.6) is 0 Å². The zero-order valence-corrected chi connectivity index (χ0v) is 32.4. The van der Waals surface area contributed by atoms with E-state index in [0.717, 1.165) is 31.2 Å². The Kier molecular flexibility index (Phi) is 15.2. The zero-order chi connectivity index (χ0) is 38.7. The summed E-state index contributed by atoms with van der Waals surface area (Å²) < 4.78 is 35.9. The van der Waals surface area contributed by atoms with E-state index in [-0.39, 0.29) is 51.0 Å². The lowest BCUT2D eigenvalue weighted by molar-refractivity contribution is -0.131. The molecular weight excluding hydrogens is 705 g/mol. The summed E-state index contributed by atoms with van der Waals surface area (Å²) in [5.74, 6) is -0.463. The highest BCUT2D eigenvalue weighted by atomic mass is 32.2. The first-order valence-corrected chi connectivity index (χ1v) is 20.8. The first-order chi connectivity index (χ1) is 25.9. The summed E-state index contributed by atoms with van der Waals surface area (Å²) in [6, 6.07) is 20.9. The van der Waals surface area contributed by atoms with Crippen molar-refractivity contribution in [1.29, 1.82) is 0 Å². The van der Waals surface area contributed by atoms with Crippen LogP contribution in [0.15, 0.2) is 85.5 Å². The molecule has 5 atom stereocenters. The molecule has 3 aromatic carbocycles. The Morgan fingerprint density at radius 1 is 0.889 bits per heavy atom. The Balaban J connectivity index is 1.29. The highest BCUT2D eigenvalue weighted by Crippen LogP contribution is 2.40. The molecule has 1 heterocycles. The minimum Gasteiger partial charge on any atom is -0.390 e. The molecule has 0 radical (unpaired) electrons. The number of amides is 2. The second kappa shape index (κ2) is 19.8. The van der Waals surface area contributed by atoms with E-state index in [1.165, 1.54) is 26.7 Å². The number of aliphatic hydroxyl groups excluding tert-OH is 2. The van der Waals surface area contributed by atoms with Gasteiger partial charge in [-0.3, -0.25) is 9.59 Å². The molecule has 0 bridgehead atoms. The van der Waals surface area contributed by atoms with Gasteiger partial charge in [0, 0.05) is 13.1 Å². The third-order valence-corrected chi connectivity index (χ3v) is 12.4. The van der Waals surface area contributed by atoms with Gasteiger partial charge in [0.2, 0.25) is 11.8 Å². The lowest BCUT2D eigenvalue weighted by atomic mass is 9.75. The fraction of sp³-hybridized carbons (Fsp3) is 0.524. The summed E-state index contributed by atoms with van der Waals surface area (Å²) in [5, 5.41) is 30.8. The molecule has 1 saturated heterocycles. The predicted octanol–water partition coefficient (Wildman–Crippen LogP) is 4.60. The van der Waals surface area contributed by atoms with Crippen molar-refractivity contribution < 1.29 is 33.0 Å². The molecule has 5 rings (SSSR count). The molecule has 12 heteroatoms. The van der Waals surface area contributed by atoms with Crippen molar-refractivity contribution in [2.24, 2.45) is 11.8 Å². The van der Waals surface area contributed by atoms with Crippen molar-refractivity contribution in [2.75, 3.05) is 26.3 Å². The fourth-order valence-corrected chi connectivity index (χ4v) is 9.21. The number of ether oxygens (including phenoxy) is 1. The van der Waals surface area contributed by atoms with Crippen LogP contribution in [0.3, 0.4) is 0 Å². The van der Waals surface area contributed by atoms with Gasteiger partial charge in [0.05, 0.1) is 25.4 Å². The Hall–Kier alpha value is -3.65. The number of hydrogen-bond acceptors (Lipinski definition) is 7. The number of benzene rings is 3. The maximum atomic E-state index is 14.0. The minimum atomic E-state index is -4.05. The lowest BCUT2D eigenvalue weighted by Crippen LogP contribution is -2.59. The van der Waals surface area contributed by atoms with Crippen LogP contribution in [0, 0.1) is 11.8 Å². The highest BCUT2D eigenvalue weighted by molar-refractivity contribution is 7.87. The zero-order valence-electron chi connectivity index (χ0n) is 31.6. The molecule has 3 aromatic rings. The molecule has 54 heavy (non-hydrogen) atoms. The van der Waals surface area contributed by atoms with E-state index < -0.39 is 52.4 Å². The average molecular weight is 763 g/mol. The van der Waals surface area contributed by atoms with Gasteiger partial charge in [-0.15, -0.1) is 6.58 Å². The van der Waals surface area contributed by atoms with Crippen LogP contribution >= 0.6 is 0 Å². The van der Waals surface area contributed by atoms with Crippen molar-refractivity contribution in [3.8, 4) is 0 Å². The topological polar surface area (TPSA) is 157 Å². The van der Waals surface area contributed by atoms with Crippen LogP contribution in [0.2, 0.25) is 0 Å². The van der Waals surface area contributed by atoms with Crippen LogP contribution in [-0.4, -0.2) is 91.4 Å². The molecule has 1 aliphatic heterocycles. The number of hydrogen-bond donors (Lipinski definition) is 5. The quantitative estimate of drug-likeness (QED) is 0.119.